The van der Waals surface area contributed by atoms with Gasteiger partial charge in [-0.25, -0.2) is 0 Å². The van der Waals surface area contributed by atoms with Crippen molar-refractivity contribution in [3.8, 4) is 0 Å². The molecule has 1 heteroatoms. The summed E-state index contributed by atoms with van der Waals surface area (Å²) in [5.74, 6) is 1.71. The predicted molar refractivity (Wildman–Crippen MR) is 67.0 cm³/mol. The Morgan fingerprint density at radius 1 is 0.867 bits per heavy atom. The number of unbranched alkanes of at least 4 members (excludes halogenated alkanes) is 6. The molecule has 0 spiro atoms. The minimum absolute atomic E-state index is 0.754. The molecule has 1 atom stereocenters. The molecule has 0 fully saturated rings. The molecule has 0 saturated heterocycles. The van der Waals surface area contributed by atoms with E-state index in [4.69, 9.17) is 0 Å². The lowest BCUT2D eigenvalue weighted by molar-refractivity contribution is -0.107. The van der Waals surface area contributed by atoms with Crippen LogP contribution in [0.15, 0.2) is 0 Å². The van der Waals surface area contributed by atoms with E-state index >= 15 is 0 Å². The Balaban J connectivity index is 3.08. The number of aldehydes is 1. The van der Waals surface area contributed by atoms with Gasteiger partial charge in [-0.1, -0.05) is 59.3 Å². The minimum Gasteiger partial charge on any atom is -0.303 e. The SMILES string of the molecule is CC(C)C(C)CCCCCCCCC=O. The molecule has 0 N–H and O–H groups in total. The van der Waals surface area contributed by atoms with Crippen LogP contribution in [0, 0.1) is 11.8 Å². The quantitative estimate of drug-likeness (QED) is 0.382. The van der Waals surface area contributed by atoms with Gasteiger partial charge in [0.2, 0.25) is 0 Å². The maximum atomic E-state index is 10.1. The van der Waals surface area contributed by atoms with E-state index in [-0.39, 0.29) is 0 Å². The van der Waals surface area contributed by atoms with E-state index in [2.05, 4.69) is 20.8 Å². The Morgan fingerprint density at radius 2 is 1.40 bits per heavy atom. The van der Waals surface area contributed by atoms with Gasteiger partial charge in [-0.15, -0.1) is 0 Å². The van der Waals surface area contributed by atoms with Gasteiger partial charge in [-0.2, -0.15) is 0 Å². The summed E-state index contributed by atoms with van der Waals surface area (Å²) in [6, 6.07) is 0. The number of hydrogen-bond donors (Lipinski definition) is 0. The van der Waals surface area contributed by atoms with Crippen LogP contribution in [-0.4, -0.2) is 6.29 Å². The van der Waals surface area contributed by atoms with Crippen LogP contribution in [0.2, 0.25) is 0 Å². The van der Waals surface area contributed by atoms with Crippen LogP contribution in [0.25, 0.3) is 0 Å². The maximum absolute atomic E-state index is 10.1. The summed E-state index contributed by atoms with van der Waals surface area (Å²) in [5.41, 5.74) is 0. The fraction of sp³-hybridized carbons (Fsp3) is 0.929. The van der Waals surface area contributed by atoms with Crippen LogP contribution < -0.4 is 0 Å². The molecule has 0 bridgehead atoms. The number of carbonyl (C=O) groups excluding carboxylic acids is 1. The van der Waals surface area contributed by atoms with Crippen molar-refractivity contribution < 1.29 is 4.79 Å². The van der Waals surface area contributed by atoms with Crippen molar-refractivity contribution in [2.75, 3.05) is 0 Å². The van der Waals surface area contributed by atoms with Crippen LogP contribution in [0.5, 0.6) is 0 Å². The van der Waals surface area contributed by atoms with E-state index in [0.29, 0.717) is 0 Å². The van der Waals surface area contributed by atoms with E-state index in [1.807, 2.05) is 0 Å². The van der Waals surface area contributed by atoms with Crippen LogP contribution in [0.4, 0.5) is 0 Å². The second-order valence-electron chi connectivity index (χ2n) is 5.09. The monoisotopic (exact) mass is 212 g/mol. The summed E-state index contributed by atoms with van der Waals surface area (Å²) in [6.07, 6.45) is 10.9. The number of carbonyl (C=O) groups is 1. The van der Waals surface area contributed by atoms with E-state index in [0.717, 1.165) is 31.0 Å². The first-order valence-electron chi connectivity index (χ1n) is 6.62. The van der Waals surface area contributed by atoms with Crippen molar-refractivity contribution in [1.82, 2.24) is 0 Å². The van der Waals surface area contributed by atoms with E-state index in [1.54, 1.807) is 0 Å². The molecular weight excluding hydrogens is 184 g/mol. The third-order valence-electron chi connectivity index (χ3n) is 3.37. The van der Waals surface area contributed by atoms with Crippen molar-refractivity contribution in [3.63, 3.8) is 0 Å². The maximum Gasteiger partial charge on any atom is 0.119 e. The number of rotatable bonds is 10. The van der Waals surface area contributed by atoms with Gasteiger partial charge in [-0.3, -0.25) is 0 Å². The average Bonchev–Trinajstić information content (AvgIpc) is 2.21. The van der Waals surface area contributed by atoms with Crippen LogP contribution >= 0.6 is 0 Å². The molecule has 0 aromatic carbocycles. The summed E-state index contributed by atoms with van der Waals surface area (Å²) >= 11 is 0. The van der Waals surface area contributed by atoms with Gasteiger partial charge in [0.1, 0.15) is 6.29 Å². The second-order valence-corrected chi connectivity index (χ2v) is 5.09. The first-order valence-corrected chi connectivity index (χ1v) is 6.62. The molecule has 1 nitrogen and oxygen atoms in total. The summed E-state index contributed by atoms with van der Waals surface area (Å²) in [7, 11) is 0. The van der Waals surface area contributed by atoms with Gasteiger partial charge in [0.05, 0.1) is 0 Å². The normalized spacial score (nSPS) is 13.1. The zero-order valence-electron chi connectivity index (χ0n) is 10.8. The molecule has 15 heavy (non-hydrogen) atoms. The van der Waals surface area contributed by atoms with Crippen LogP contribution in [0.3, 0.4) is 0 Å². The molecule has 0 aliphatic heterocycles. The fourth-order valence-corrected chi connectivity index (χ4v) is 1.73. The van der Waals surface area contributed by atoms with Crippen molar-refractivity contribution in [1.29, 1.82) is 0 Å². The lowest BCUT2D eigenvalue weighted by Gasteiger charge is -2.14. The zero-order valence-corrected chi connectivity index (χ0v) is 10.8. The van der Waals surface area contributed by atoms with Gasteiger partial charge in [0.15, 0.2) is 0 Å². The van der Waals surface area contributed by atoms with Gasteiger partial charge in [0, 0.05) is 6.42 Å². The molecule has 0 aromatic rings. The highest BCUT2D eigenvalue weighted by molar-refractivity contribution is 5.48. The average molecular weight is 212 g/mol. The smallest absolute Gasteiger partial charge is 0.119 e. The first-order chi connectivity index (χ1) is 7.18. The Labute approximate surface area is 95.6 Å². The lowest BCUT2D eigenvalue weighted by Crippen LogP contribution is -2.03. The highest BCUT2D eigenvalue weighted by Crippen LogP contribution is 2.18. The van der Waals surface area contributed by atoms with Gasteiger partial charge in [-0.05, 0) is 18.3 Å². The van der Waals surface area contributed by atoms with Crippen molar-refractivity contribution in [3.05, 3.63) is 0 Å². The van der Waals surface area contributed by atoms with Gasteiger partial charge in [0.25, 0.3) is 0 Å². The molecule has 1 unspecified atom stereocenters. The Morgan fingerprint density at radius 3 is 1.93 bits per heavy atom. The van der Waals surface area contributed by atoms with Gasteiger partial charge < -0.3 is 4.79 Å². The topological polar surface area (TPSA) is 17.1 Å². The van der Waals surface area contributed by atoms with Crippen molar-refractivity contribution >= 4 is 6.29 Å². The standard InChI is InChI=1S/C14H28O/c1-13(2)14(3)11-9-7-5-4-6-8-10-12-15/h12-14H,4-11H2,1-3H3. The van der Waals surface area contributed by atoms with Crippen LogP contribution in [-0.2, 0) is 4.79 Å². The predicted octanol–water partition coefficient (Wildman–Crippen LogP) is 4.60. The highest BCUT2D eigenvalue weighted by atomic mass is 16.1. The molecule has 0 aliphatic carbocycles. The Kier molecular flexibility index (Phi) is 9.97. The Bertz CT molecular complexity index is 140. The fourth-order valence-electron chi connectivity index (χ4n) is 1.73. The molecule has 0 aliphatic rings. The molecule has 0 radical (unpaired) electrons. The molecule has 0 amide bonds. The third kappa shape index (κ3) is 9.96. The molecule has 0 heterocycles. The minimum atomic E-state index is 0.754. The largest absolute Gasteiger partial charge is 0.303 e. The van der Waals surface area contributed by atoms with Crippen molar-refractivity contribution in [2.45, 2.75) is 72.1 Å². The first kappa shape index (κ1) is 14.7. The van der Waals surface area contributed by atoms with Crippen LogP contribution in [0.1, 0.15) is 72.1 Å². The number of hydrogen-bond acceptors (Lipinski definition) is 1. The molecule has 90 valence electrons. The van der Waals surface area contributed by atoms with E-state index in [9.17, 15) is 4.79 Å². The molecule has 0 aromatic heterocycles. The van der Waals surface area contributed by atoms with Crippen molar-refractivity contribution in [2.24, 2.45) is 11.8 Å². The summed E-state index contributed by atoms with van der Waals surface area (Å²) in [5, 5.41) is 0. The Hall–Kier alpha value is -0.330. The summed E-state index contributed by atoms with van der Waals surface area (Å²) < 4.78 is 0. The highest BCUT2D eigenvalue weighted by Gasteiger charge is 2.05. The summed E-state index contributed by atoms with van der Waals surface area (Å²) in [4.78, 5) is 10.1. The van der Waals surface area contributed by atoms with E-state index < -0.39 is 0 Å². The zero-order chi connectivity index (χ0) is 11.5. The molecule has 0 rings (SSSR count). The summed E-state index contributed by atoms with van der Waals surface area (Å²) in [6.45, 7) is 6.98. The molecular formula is C14H28O. The second kappa shape index (κ2) is 10.2. The lowest BCUT2D eigenvalue weighted by atomic mass is 9.92. The van der Waals surface area contributed by atoms with Gasteiger partial charge >= 0.3 is 0 Å². The van der Waals surface area contributed by atoms with E-state index in [1.165, 1.54) is 38.5 Å². The third-order valence-corrected chi connectivity index (χ3v) is 3.37. The molecule has 0 saturated carbocycles.